The van der Waals surface area contributed by atoms with Crippen LogP contribution in [0.4, 0.5) is 10.2 Å². The summed E-state index contributed by atoms with van der Waals surface area (Å²) in [6.45, 7) is 0.296. The van der Waals surface area contributed by atoms with Gasteiger partial charge in [-0.15, -0.1) is 0 Å². The Balaban J connectivity index is 1.41. The molecule has 3 aromatic heterocycles. The molecule has 0 atom stereocenters. The Bertz CT molecular complexity index is 1820. The number of aromatic nitrogens is 5. The number of H-pyrrole nitrogens is 2. The van der Waals surface area contributed by atoms with E-state index in [9.17, 15) is 14.3 Å². The van der Waals surface area contributed by atoms with Crippen molar-refractivity contribution in [2.24, 2.45) is 4.99 Å². The van der Waals surface area contributed by atoms with Crippen molar-refractivity contribution in [3.63, 3.8) is 0 Å². The van der Waals surface area contributed by atoms with E-state index in [-0.39, 0.29) is 23.4 Å². The summed E-state index contributed by atoms with van der Waals surface area (Å²) in [6.07, 6.45) is 5.19. The summed E-state index contributed by atoms with van der Waals surface area (Å²) < 4.78 is 15.8. The predicted molar refractivity (Wildman–Crippen MR) is 138 cm³/mol. The maximum Gasteiger partial charge on any atom is 0.326 e. The quantitative estimate of drug-likeness (QED) is 0.275. The molecule has 0 unspecified atom stereocenters. The van der Waals surface area contributed by atoms with Crippen LogP contribution in [-0.4, -0.2) is 35.7 Å². The van der Waals surface area contributed by atoms with Crippen LogP contribution in [-0.2, 0) is 6.54 Å². The summed E-state index contributed by atoms with van der Waals surface area (Å²) >= 11 is 6.19. The lowest BCUT2D eigenvalue weighted by Crippen LogP contribution is -2.20. The second kappa shape index (κ2) is 9.21. The van der Waals surface area contributed by atoms with Gasteiger partial charge in [-0.1, -0.05) is 29.8 Å². The predicted octanol–water partition coefficient (Wildman–Crippen LogP) is 3.13. The first-order valence-corrected chi connectivity index (χ1v) is 12.0. The van der Waals surface area contributed by atoms with Gasteiger partial charge in [0.15, 0.2) is 11.1 Å². The van der Waals surface area contributed by atoms with Crippen molar-refractivity contribution in [3.05, 3.63) is 98.0 Å². The first-order valence-electron chi connectivity index (χ1n) is 11.7. The average molecular weight is 518 g/mol. The molecule has 0 spiro atoms. The minimum absolute atomic E-state index is 0.215. The lowest BCUT2D eigenvalue weighted by molar-refractivity contribution is 0.454. The topological polar surface area (TPSA) is 123 Å². The van der Waals surface area contributed by atoms with Crippen molar-refractivity contribution in [3.8, 4) is 17.0 Å². The first kappa shape index (κ1) is 23.0. The summed E-state index contributed by atoms with van der Waals surface area (Å²) in [5, 5.41) is 18.9. The number of hydrogen-bond donors (Lipinski definition) is 4. The zero-order chi connectivity index (χ0) is 25.5. The number of anilines is 1. The van der Waals surface area contributed by atoms with E-state index in [1.54, 1.807) is 35.0 Å². The molecule has 1 saturated carbocycles. The SMILES string of the molecule is O=c1[nH]c(O)c(/C=c2\cnn3c(=NC4CC4)cc(NCc4cc(F)ccc4-c4cccc(Cl)c4)nc23)[nH]1. The van der Waals surface area contributed by atoms with Crippen LogP contribution >= 0.6 is 11.6 Å². The molecule has 0 radical (unpaired) electrons. The minimum atomic E-state index is -0.523. The van der Waals surface area contributed by atoms with E-state index in [0.717, 1.165) is 29.5 Å². The van der Waals surface area contributed by atoms with Gasteiger partial charge in [0.1, 0.15) is 17.3 Å². The highest BCUT2D eigenvalue weighted by Crippen LogP contribution is 2.27. The monoisotopic (exact) mass is 517 g/mol. The van der Waals surface area contributed by atoms with Crippen molar-refractivity contribution in [1.82, 2.24) is 24.6 Å². The molecule has 1 aliphatic carbocycles. The molecular formula is C26H21ClFN7O2. The third kappa shape index (κ3) is 4.83. The zero-order valence-corrected chi connectivity index (χ0v) is 20.1. The molecule has 6 rings (SSSR count). The number of hydrogen-bond acceptors (Lipinski definition) is 6. The standard InChI is InChI=1S/C26H21ClFN7O2/c27-17-3-1-2-14(8-17)20-7-4-18(28)9-15(20)12-29-22-11-23(31-19-5-6-19)35-24(33-22)16(13-30-35)10-21-25(36)34-26(37)32-21/h1-4,7-11,13,19,29,36H,5-6,12H2,(H2,32,34,37)/b16-10+,31-23?. The Kier molecular flexibility index (Phi) is 5.72. The molecule has 0 saturated heterocycles. The molecule has 1 fully saturated rings. The largest absolute Gasteiger partial charge is 0.493 e. The Morgan fingerprint density at radius 1 is 1.22 bits per heavy atom. The summed E-state index contributed by atoms with van der Waals surface area (Å²) in [6, 6.07) is 14.1. The van der Waals surface area contributed by atoms with Gasteiger partial charge in [0.2, 0.25) is 5.88 Å². The summed E-state index contributed by atoms with van der Waals surface area (Å²) in [4.78, 5) is 25.8. The minimum Gasteiger partial charge on any atom is -0.493 e. The molecule has 9 nitrogen and oxygen atoms in total. The highest BCUT2D eigenvalue weighted by molar-refractivity contribution is 6.30. The Labute approximate surface area is 214 Å². The highest BCUT2D eigenvalue weighted by Gasteiger charge is 2.20. The van der Waals surface area contributed by atoms with Crippen molar-refractivity contribution < 1.29 is 9.50 Å². The van der Waals surface area contributed by atoms with Crippen LogP contribution in [0.5, 0.6) is 5.88 Å². The number of benzene rings is 2. The molecule has 3 heterocycles. The van der Waals surface area contributed by atoms with Gasteiger partial charge in [0.25, 0.3) is 0 Å². The molecule has 4 N–H and O–H groups in total. The molecule has 0 bridgehead atoms. The molecule has 0 aliphatic heterocycles. The van der Waals surface area contributed by atoms with Gasteiger partial charge in [-0.2, -0.15) is 9.61 Å². The molecule has 186 valence electrons. The van der Waals surface area contributed by atoms with Crippen LogP contribution < -0.4 is 21.7 Å². The zero-order valence-electron chi connectivity index (χ0n) is 19.4. The van der Waals surface area contributed by atoms with Gasteiger partial charge in [0.05, 0.1) is 12.2 Å². The number of rotatable bonds is 6. The molecule has 2 aromatic carbocycles. The van der Waals surface area contributed by atoms with Crippen molar-refractivity contribution >= 4 is 29.1 Å². The van der Waals surface area contributed by atoms with Crippen LogP contribution in [0.15, 0.2) is 64.5 Å². The maximum atomic E-state index is 14.2. The van der Waals surface area contributed by atoms with Gasteiger partial charge in [-0.05, 0) is 59.9 Å². The highest BCUT2D eigenvalue weighted by atomic mass is 35.5. The first-order chi connectivity index (χ1) is 17.9. The van der Waals surface area contributed by atoms with Crippen molar-refractivity contribution in [2.45, 2.75) is 25.4 Å². The van der Waals surface area contributed by atoms with Crippen LogP contribution in [0.1, 0.15) is 24.1 Å². The van der Waals surface area contributed by atoms with Crippen molar-refractivity contribution in [2.75, 3.05) is 5.32 Å². The summed E-state index contributed by atoms with van der Waals surface area (Å²) in [7, 11) is 0. The van der Waals surface area contributed by atoms with Gasteiger partial charge in [-0.25, -0.2) is 14.2 Å². The lowest BCUT2D eigenvalue weighted by atomic mass is 9.99. The van der Waals surface area contributed by atoms with E-state index in [4.69, 9.17) is 21.6 Å². The summed E-state index contributed by atoms with van der Waals surface area (Å²) in [5.41, 5.74) is 3.27. The van der Waals surface area contributed by atoms with Crippen LogP contribution in [0.25, 0.3) is 22.9 Å². The van der Waals surface area contributed by atoms with E-state index in [2.05, 4.69) is 20.4 Å². The van der Waals surface area contributed by atoms with Crippen LogP contribution in [0, 0.1) is 5.82 Å². The molecule has 5 aromatic rings. The molecule has 11 heteroatoms. The Hall–Kier alpha value is -4.44. The third-order valence-electron chi connectivity index (χ3n) is 6.04. The van der Waals surface area contributed by atoms with E-state index < -0.39 is 5.69 Å². The fourth-order valence-corrected chi connectivity index (χ4v) is 4.31. The smallest absolute Gasteiger partial charge is 0.326 e. The van der Waals surface area contributed by atoms with Crippen LogP contribution in [0.3, 0.4) is 0 Å². The molecular weight excluding hydrogens is 497 g/mol. The normalized spacial score (nSPS) is 14.5. The number of halogens is 2. The Morgan fingerprint density at radius 3 is 2.84 bits per heavy atom. The van der Waals surface area contributed by atoms with Gasteiger partial charge < -0.3 is 15.4 Å². The second-order valence-corrected chi connectivity index (χ2v) is 9.28. The van der Waals surface area contributed by atoms with Crippen molar-refractivity contribution in [1.29, 1.82) is 0 Å². The van der Waals surface area contributed by atoms with E-state index >= 15 is 0 Å². The molecule has 37 heavy (non-hydrogen) atoms. The third-order valence-corrected chi connectivity index (χ3v) is 6.28. The van der Waals surface area contributed by atoms with E-state index in [1.807, 2.05) is 18.2 Å². The number of imidazole rings is 1. The van der Waals surface area contributed by atoms with Gasteiger partial charge >= 0.3 is 5.69 Å². The fourth-order valence-electron chi connectivity index (χ4n) is 4.12. The van der Waals surface area contributed by atoms with Crippen LogP contribution in [0.2, 0.25) is 5.02 Å². The number of nitrogens with zero attached hydrogens (tertiary/aromatic N) is 4. The van der Waals surface area contributed by atoms with E-state index in [0.29, 0.717) is 33.7 Å². The number of fused-ring (bicyclic) bond motifs is 1. The number of aromatic amines is 2. The fraction of sp³-hybridized carbons (Fsp3) is 0.154. The summed E-state index contributed by atoms with van der Waals surface area (Å²) in [5.74, 6) is -0.0975. The number of nitrogens with one attached hydrogen (secondary N) is 3. The molecule has 0 amide bonds. The molecule has 1 aliphatic rings. The maximum absolute atomic E-state index is 14.2. The number of aromatic hydroxyl groups is 1. The Morgan fingerprint density at radius 2 is 2.08 bits per heavy atom. The average Bonchev–Trinajstić information content (AvgIpc) is 3.51. The van der Waals surface area contributed by atoms with E-state index in [1.165, 1.54) is 12.1 Å². The second-order valence-electron chi connectivity index (χ2n) is 8.85. The van der Waals surface area contributed by atoms with Gasteiger partial charge in [0, 0.05) is 22.9 Å². The van der Waals surface area contributed by atoms with Gasteiger partial charge in [-0.3, -0.25) is 9.98 Å². The lowest BCUT2D eigenvalue weighted by Gasteiger charge is -2.12.